The maximum Gasteiger partial charge on any atom is 0.326 e. The molecule has 4 nitrogen and oxygen atoms in total. The van der Waals surface area contributed by atoms with Gasteiger partial charge in [0.25, 0.3) is 0 Å². The molecule has 0 saturated heterocycles. The van der Waals surface area contributed by atoms with Crippen molar-refractivity contribution in [2.45, 2.75) is 19.4 Å². The number of rotatable bonds is 5. The van der Waals surface area contributed by atoms with Crippen LogP contribution in [0.2, 0.25) is 5.02 Å². The van der Waals surface area contributed by atoms with Gasteiger partial charge in [-0.15, -0.1) is 11.3 Å². The molecule has 0 bridgehead atoms. The molecule has 0 saturated carbocycles. The molecule has 2 aromatic rings. The van der Waals surface area contributed by atoms with E-state index >= 15 is 0 Å². The molecule has 1 aromatic heterocycles. The van der Waals surface area contributed by atoms with Crippen molar-refractivity contribution in [2.75, 3.05) is 4.90 Å². The van der Waals surface area contributed by atoms with Crippen molar-refractivity contribution < 1.29 is 9.90 Å². The van der Waals surface area contributed by atoms with Crippen LogP contribution in [0.25, 0.3) is 0 Å². The summed E-state index contributed by atoms with van der Waals surface area (Å²) in [7, 11) is 0. The molecule has 0 spiro atoms. The molecule has 0 radical (unpaired) electrons. The molecule has 2 rings (SSSR count). The van der Waals surface area contributed by atoms with Gasteiger partial charge in [-0.25, -0.2) is 9.78 Å². The average Bonchev–Trinajstić information content (AvgIpc) is 2.95. The largest absolute Gasteiger partial charge is 0.480 e. The third kappa shape index (κ3) is 4.00. The lowest BCUT2D eigenvalue weighted by molar-refractivity contribution is -0.137. The topological polar surface area (TPSA) is 53.4 Å². The number of carboxylic acids is 1. The quantitative estimate of drug-likeness (QED) is 0.842. The fourth-order valence-electron chi connectivity index (χ4n) is 1.84. The minimum absolute atomic E-state index is 0.460. The Morgan fingerprint density at radius 1 is 1.48 bits per heavy atom. The molecule has 0 fully saturated rings. The number of nitrogens with zero attached hydrogens (tertiary/aromatic N) is 2. The van der Waals surface area contributed by atoms with E-state index in [2.05, 4.69) is 4.98 Å². The summed E-state index contributed by atoms with van der Waals surface area (Å²) >= 11 is 12.7. The van der Waals surface area contributed by atoms with Crippen molar-refractivity contribution in [1.29, 1.82) is 0 Å². The lowest BCUT2D eigenvalue weighted by Crippen LogP contribution is -2.43. The first-order valence-electron chi connectivity index (χ1n) is 6.16. The van der Waals surface area contributed by atoms with Crippen LogP contribution in [0.5, 0.6) is 0 Å². The van der Waals surface area contributed by atoms with Gasteiger partial charge in [0.05, 0.1) is 10.5 Å². The number of benzene rings is 1. The predicted molar refractivity (Wildman–Crippen MR) is 89.4 cm³/mol. The first kappa shape index (κ1) is 15.9. The summed E-state index contributed by atoms with van der Waals surface area (Å²) in [6.45, 7) is 1.59. The number of thiocarbonyl (C=S) groups is 1. The zero-order valence-electron chi connectivity index (χ0n) is 11.2. The first-order chi connectivity index (χ1) is 9.99. The monoisotopic (exact) mass is 340 g/mol. The SMILES string of the molecule is C[C@@H](C(=O)O)N(C(=S)Cc1ccc(Cl)cc1)c1cscn1. The van der Waals surface area contributed by atoms with Crippen molar-refractivity contribution in [3.8, 4) is 0 Å². The van der Waals surface area contributed by atoms with Crippen molar-refractivity contribution in [1.82, 2.24) is 4.98 Å². The second-order valence-corrected chi connectivity index (χ2v) is 6.05. The molecule has 0 aliphatic carbocycles. The molecule has 1 heterocycles. The van der Waals surface area contributed by atoms with Crippen molar-refractivity contribution in [2.24, 2.45) is 0 Å². The number of carbonyl (C=O) groups is 1. The van der Waals surface area contributed by atoms with E-state index in [0.717, 1.165) is 5.56 Å². The summed E-state index contributed by atoms with van der Waals surface area (Å²) < 4.78 is 0. The van der Waals surface area contributed by atoms with Crippen molar-refractivity contribution >= 4 is 51.9 Å². The van der Waals surface area contributed by atoms with Gasteiger partial charge in [-0.05, 0) is 24.6 Å². The highest BCUT2D eigenvalue weighted by Gasteiger charge is 2.25. The van der Waals surface area contributed by atoms with Gasteiger partial charge in [0.2, 0.25) is 0 Å². The van der Waals surface area contributed by atoms with Crippen LogP contribution in [0.15, 0.2) is 35.2 Å². The second kappa shape index (κ2) is 6.98. The molecule has 21 heavy (non-hydrogen) atoms. The van der Waals surface area contributed by atoms with E-state index in [9.17, 15) is 9.90 Å². The van der Waals surface area contributed by atoms with E-state index in [1.165, 1.54) is 11.3 Å². The van der Waals surface area contributed by atoms with E-state index < -0.39 is 12.0 Å². The summed E-state index contributed by atoms with van der Waals surface area (Å²) in [5, 5.41) is 11.7. The highest BCUT2D eigenvalue weighted by Crippen LogP contribution is 2.20. The molecule has 1 atom stereocenters. The van der Waals surface area contributed by atoms with Gasteiger partial charge in [-0.2, -0.15) is 0 Å². The Morgan fingerprint density at radius 2 is 2.14 bits per heavy atom. The summed E-state index contributed by atoms with van der Waals surface area (Å²) in [5.41, 5.74) is 2.63. The van der Waals surface area contributed by atoms with E-state index in [0.29, 0.717) is 22.2 Å². The zero-order chi connectivity index (χ0) is 15.4. The minimum Gasteiger partial charge on any atom is -0.480 e. The summed E-state index contributed by atoms with van der Waals surface area (Å²) in [5.74, 6) is -0.379. The van der Waals surface area contributed by atoms with Gasteiger partial charge in [0.1, 0.15) is 11.9 Å². The standard InChI is InChI=1S/C14H13ClN2O2S2/c1-9(14(18)19)17(12-7-21-8-16-12)13(20)6-10-2-4-11(15)5-3-10/h2-5,7-9H,6H2,1H3,(H,18,19)/t9-/m0/s1. The fraction of sp³-hybridized carbons (Fsp3) is 0.214. The molecule has 0 amide bonds. The molecule has 1 N–H and O–H groups in total. The summed E-state index contributed by atoms with van der Waals surface area (Å²) in [6, 6.07) is 6.55. The molecular formula is C14H13ClN2O2S2. The van der Waals surface area contributed by atoms with Crippen molar-refractivity contribution in [3.05, 3.63) is 45.7 Å². The van der Waals surface area contributed by atoms with E-state index in [4.69, 9.17) is 23.8 Å². The maximum absolute atomic E-state index is 11.3. The normalized spacial score (nSPS) is 11.9. The highest BCUT2D eigenvalue weighted by atomic mass is 35.5. The number of hydrogen-bond acceptors (Lipinski definition) is 4. The number of hydrogen-bond donors (Lipinski definition) is 1. The van der Waals surface area contributed by atoms with Crippen LogP contribution in [0.1, 0.15) is 12.5 Å². The molecule has 0 aliphatic heterocycles. The number of carboxylic acid groups (broad SMARTS) is 1. The lowest BCUT2D eigenvalue weighted by atomic mass is 10.1. The molecule has 0 unspecified atom stereocenters. The Balaban J connectivity index is 2.22. The van der Waals surface area contributed by atoms with Crippen LogP contribution in [-0.2, 0) is 11.2 Å². The van der Waals surface area contributed by atoms with E-state index in [1.54, 1.807) is 34.8 Å². The van der Waals surface area contributed by atoms with Gasteiger partial charge >= 0.3 is 5.97 Å². The summed E-state index contributed by atoms with van der Waals surface area (Å²) in [6.07, 6.45) is 0.460. The van der Waals surface area contributed by atoms with Crippen LogP contribution >= 0.6 is 35.2 Å². The third-order valence-corrected chi connectivity index (χ3v) is 4.12. The van der Waals surface area contributed by atoms with Gasteiger partial charge in [0, 0.05) is 16.8 Å². The number of aromatic nitrogens is 1. The number of aliphatic carboxylic acids is 1. The van der Waals surface area contributed by atoms with Gasteiger partial charge < -0.3 is 10.0 Å². The van der Waals surface area contributed by atoms with Gasteiger partial charge in [-0.1, -0.05) is 36.0 Å². The predicted octanol–water partition coefficient (Wildman–Crippen LogP) is 3.65. The van der Waals surface area contributed by atoms with Gasteiger partial charge in [0.15, 0.2) is 0 Å². The first-order valence-corrected chi connectivity index (χ1v) is 7.89. The Bertz CT molecular complexity index is 629. The Kier molecular flexibility index (Phi) is 5.27. The smallest absolute Gasteiger partial charge is 0.326 e. The second-order valence-electron chi connectivity index (χ2n) is 4.43. The Morgan fingerprint density at radius 3 is 2.67 bits per heavy atom. The molecule has 1 aromatic carbocycles. The molecule has 110 valence electrons. The molecular weight excluding hydrogens is 328 g/mol. The molecule has 0 aliphatic rings. The third-order valence-electron chi connectivity index (χ3n) is 2.95. The average molecular weight is 341 g/mol. The Hall–Kier alpha value is -1.50. The van der Waals surface area contributed by atoms with Crippen LogP contribution < -0.4 is 4.90 Å². The maximum atomic E-state index is 11.3. The van der Waals surface area contributed by atoms with E-state index in [-0.39, 0.29) is 0 Å². The van der Waals surface area contributed by atoms with Crippen molar-refractivity contribution in [3.63, 3.8) is 0 Å². The molecule has 7 heteroatoms. The summed E-state index contributed by atoms with van der Waals surface area (Å²) in [4.78, 5) is 17.5. The number of halogens is 1. The fourth-order valence-corrected chi connectivity index (χ4v) is 2.91. The highest BCUT2D eigenvalue weighted by molar-refractivity contribution is 7.80. The van der Waals surface area contributed by atoms with Crippen LogP contribution in [-0.4, -0.2) is 27.1 Å². The lowest BCUT2D eigenvalue weighted by Gasteiger charge is -2.27. The van der Waals surface area contributed by atoms with E-state index in [1.807, 2.05) is 12.1 Å². The van der Waals surface area contributed by atoms with Gasteiger partial charge in [-0.3, -0.25) is 0 Å². The van der Waals surface area contributed by atoms with Crippen LogP contribution in [0.4, 0.5) is 5.82 Å². The number of thiazole rings is 1. The van der Waals surface area contributed by atoms with Crippen LogP contribution in [0, 0.1) is 0 Å². The van der Waals surface area contributed by atoms with Crippen LogP contribution in [0.3, 0.4) is 0 Å². The number of anilines is 1. The zero-order valence-corrected chi connectivity index (χ0v) is 13.6. The minimum atomic E-state index is -0.943. The Labute approximate surface area is 137 Å².